The Morgan fingerprint density at radius 3 is 2.25 bits per heavy atom. The summed E-state index contributed by atoms with van der Waals surface area (Å²) in [5, 5.41) is 1.21. The van der Waals surface area contributed by atoms with Gasteiger partial charge in [0, 0.05) is 11.1 Å². The standard InChI is InChI=1S/C32H32F5NO2/c1-2-3-4-5-16-39-26-14-13-25(38-20-26)12-7-21-8-15-27-24(17-21)11-10-23(30(27)35)9-6-22-18-28(33)31(29(34)19-22)40-32(36)37/h8,10-11,13-15,17-20,32H,2-7,9,12,16H2,1H3. The van der Waals surface area contributed by atoms with Crippen LogP contribution >= 0.6 is 0 Å². The predicted octanol–water partition coefficient (Wildman–Crippen LogP) is 8.78. The van der Waals surface area contributed by atoms with Gasteiger partial charge in [0.05, 0.1) is 12.8 Å². The lowest BCUT2D eigenvalue weighted by molar-refractivity contribution is -0.0546. The molecule has 0 saturated carbocycles. The lowest BCUT2D eigenvalue weighted by atomic mass is 9.97. The number of hydrogen-bond donors (Lipinski definition) is 0. The lowest BCUT2D eigenvalue weighted by Crippen LogP contribution is -2.06. The first-order chi connectivity index (χ1) is 19.3. The maximum Gasteiger partial charge on any atom is 0.387 e. The van der Waals surface area contributed by atoms with Gasteiger partial charge < -0.3 is 9.47 Å². The van der Waals surface area contributed by atoms with Gasteiger partial charge in [-0.1, -0.05) is 56.5 Å². The van der Waals surface area contributed by atoms with Crippen LogP contribution in [0, 0.1) is 17.5 Å². The van der Waals surface area contributed by atoms with Gasteiger partial charge in [-0.25, -0.2) is 13.2 Å². The highest BCUT2D eigenvalue weighted by Gasteiger charge is 2.17. The largest absolute Gasteiger partial charge is 0.492 e. The molecule has 0 spiro atoms. The van der Waals surface area contributed by atoms with Gasteiger partial charge in [-0.05, 0) is 78.4 Å². The van der Waals surface area contributed by atoms with Crippen LogP contribution in [0.25, 0.3) is 10.8 Å². The van der Waals surface area contributed by atoms with Gasteiger partial charge in [-0.2, -0.15) is 8.78 Å². The molecule has 212 valence electrons. The molecule has 1 aromatic heterocycles. The summed E-state index contributed by atoms with van der Waals surface area (Å²) in [5.41, 5.74) is 2.61. The lowest BCUT2D eigenvalue weighted by Gasteiger charge is -2.11. The number of pyridine rings is 1. The Labute approximate surface area is 231 Å². The molecule has 0 aliphatic rings. The Morgan fingerprint density at radius 2 is 1.55 bits per heavy atom. The zero-order valence-electron chi connectivity index (χ0n) is 22.4. The molecule has 0 N–H and O–H groups in total. The number of fused-ring (bicyclic) bond motifs is 1. The van der Waals surface area contributed by atoms with Crippen molar-refractivity contribution in [2.75, 3.05) is 6.61 Å². The van der Waals surface area contributed by atoms with Crippen LogP contribution in [0.4, 0.5) is 22.0 Å². The van der Waals surface area contributed by atoms with E-state index in [1.807, 2.05) is 30.3 Å². The molecule has 0 bridgehead atoms. The molecule has 0 amide bonds. The molecular formula is C32H32F5NO2. The van der Waals surface area contributed by atoms with Crippen LogP contribution < -0.4 is 9.47 Å². The Morgan fingerprint density at radius 1 is 0.775 bits per heavy atom. The van der Waals surface area contributed by atoms with Gasteiger partial charge in [-0.3, -0.25) is 4.98 Å². The summed E-state index contributed by atoms with van der Waals surface area (Å²) in [4.78, 5) is 4.50. The van der Waals surface area contributed by atoms with Gasteiger partial charge in [-0.15, -0.1) is 0 Å². The second-order valence-electron chi connectivity index (χ2n) is 9.76. The second kappa shape index (κ2) is 14.1. The molecule has 0 atom stereocenters. The Kier molecular flexibility index (Phi) is 10.3. The third kappa shape index (κ3) is 7.93. The highest BCUT2D eigenvalue weighted by molar-refractivity contribution is 5.84. The number of rotatable bonds is 14. The number of halogens is 5. The van der Waals surface area contributed by atoms with Crippen molar-refractivity contribution in [3.8, 4) is 11.5 Å². The normalized spacial score (nSPS) is 11.4. The van der Waals surface area contributed by atoms with Crippen molar-refractivity contribution in [2.24, 2.45) is 0 Å². The first-order valence-corrected chi connectivity index (χ1v) is 13.5. The number of alkyl halides is 2. The summed E-state index contributed by atoms with van der Waals surface area (Å²) in [6, 6.07) is 14.8. The van der Waals surface area contributed by atoms with E-state index >= 15 is 4.39 Å². The summed E-state index contributed by atoms with van der Waals surface area (Å²) < 4.78 is 77.6. The van der Waals surface area contributed by atoms with Crippen LogP contribution in [0.2, 0.25) is 0 Å². The van der Waals surface area contributed by atoms with E-state index in [0.29, 0.717) is 17.6 Å². The molecule has 0 fully saturated rings. The topological polar surface area (TPSA) is 31.4 Å². The van der Waals surface area contributed by atoms with Gasteiger partial charge in [0.2, 0.25) is 0 Å². The molecule has 40 heavy (non-hydrogen) atoms. The summed E-state index contributed by atoms with van der Waals surface area (Å²) in [5.74, 6) is -3.19. The van der Waals surface area contributed by atoms with Crippen LogP contribution in [0.5, 0.6) is 11.5 Å². The van der Waals surface area contributed by atoms with E-state index in [0.717, 1.165) is 53.8 Å². The quantitative estimate of drug-likeness (QED) is 0.115. The molecule has 8 heteroatoms. The van der Waals surface area contributed by atoms with Crippen LogP contribution in [-0.2, 0) is 25.7 Å². The predicted molar refractivity (Wildman–Crippen MR) is 146 cm³/mol. The maximum atomic E-state index is 15.2. The highest BCUT2D eigenvalue weighted by atomic mass is 19.3. The molecule has 0 aliphatic heterocycles. The maximum absolute atomic E-state index is 15.2. The number of ether oxygens (including phenoxy) is 2. The van der Waals surface area contributed by atoms with Crippen molar-refractivity contribution < 1.29 is 31.4 Å². The van der Waals surface area contributed by atoms with Crippen molar-refractivity contribution >= 4 is 10.8 Å². The fourth-order valence-electron chi connectivity index (χ4n) is 4.61. The third-order valence-corrected chi connectivity index (χ3v) is 6.78. The van der Waals surface area contributed by atoms with E-state index in [4.69, 9.17) is 4.74 Å². The van der Waals surface area contributed by atoms with E-state index in [1.54, 1.807) is 18.3 Å². The number of unbranched alkanes of at least 4 members (excludes halogenated alkanes) is 3. The minimum absolute atomic E-state index is 0.124. The molecule has 0 unspecified atom stereocenters. The van der Waals surface area contributed by atoms with Crippen LogP contribution in [0.3, 0.4) is 0 Å². The fraction of sp³-hybridized carbons (Fsp3) is 0.344. The number of hydrogen-bond acceptors (Lipinski definition) is 3. The Hall–Kier alpha value is -3.68. The zero-order chi connectivity index (χ0) is 28.5. The van der Waals surface area contributed by atoms with Crippen LogP contribution in [0.1, 0.15) is 55.0 Å². The fourth-order valence-corrected chi connectivity index (χ4v) is 4.61. The summed E-state index contributed by atoms with van der Waals surface area (Å²) in [6.07, 6.45) is 8.14. The van der Waals surface area contributed by atoms with Crippen LogP contribution in [-0.4, -0.2) is 18.2 Å². The first-order valence-electron chi connectivity index (χ1n) is 13.5. The average molecular weight is 558 g/mol. The van der Waals surface area contributed by atoms with Gasteiger partial charge in [0.25, 0.3) is 0 Å². The number of benzene rings is 3. The van der Waals surface area contributed by atoms with Crippen molar-refractivity contribution in [3.05, 3.63) is 101 Å². The van der Waals surface area contributed by atoms with Gasteiger partial charge >= 0.3 is 6.61 Å². The van der Waals surface area contributed by atoms with Crippen molar-refractivity contribution in [3.63, 3.8) is 0 Å². The molecule has 0 aliphatic carbocycles. The Balaban J connectivity index is 1.34. The smallest absolute Gasteiger partial charge is 0.387 e. The zero-order valence-corrected chi connectivity index (χ0v) is 22.4. The van der Waals surface area contributed by atoms with E-state index < -0.39 is 29.8 Å². The third-order valence-electron chi connectivity index (χ3n) is 6.78. The number of aryl methyl sites for hydroxylation is 4. The summed E-state index contributed by atoms with van der Waals surface area (Å²) in [7, 11) is 0. The molecule has 4 aromatic rings. The van der Waals surface area contributed by atoms with Crippen LogP contribution in [0.15, 0.2) is 60.8 Å². The first kappa shape index (κ1) is 29.3. The van der Waals surface area contributed by atoms with E-state index in [9.17, 15) is 17.6 Å². The van der Waals surface area contributed by atoms with Gasteiger partial charge in [0.1, 0.15) is 11.6 Å². The SMILES string of the molecule is CCCCCCOc1ccc(CCc2ccc3c(F)c(CCc4cc(F)c(OC(F)F)c(F)c4)ccc3c2)nc1. The number of nitrogens with zero attached hydrogens (tertiary/aromatic N) is 1. The molecule has 0 saturated heterocycles. The molecule has 4 rings (SSSR count). The van der Waals surface area contributed by atoms with Gasteiger partial charge in [0.15, 0.2) is 17.4 Å². The van der Waals surface area contributed by atoms with Crippen molar-refractivity contribution in [1.82, 2.24) is 4.98 Å². The highest BCUT2D eigenvalue weighted by Crippen LogP contribution is 2.27. The van der Waals surface area contributed by atoms with Crippen molar-refractivity contribution in [1.29, 1.82) is 0 Å². The average Bonchev–Trinajstić information content (AvgIpc) is 2.94. The summed E-state index contributed by atoms with van der Waals surface area (Å²) in [6.45, 7) is -0.466. The molecule has 3 nitrogen and oxygen atoms in total. The van der Waals surface area contributed by atoms with Crippen molar-refractivity contribution in [2.45, 2.75) is 64.9 Å². The minimum Gasteiger partial charge on any atom is -0.492 e. The second-order valence-corrected chi connectivity index (χ2v) is 9.76. The Bertz CT molecular complexity index is 1390. The number of aromatic nitrogens is 1. The van der Waals surface area contributed by atoms with E-state index in [-0.39, 0.29) is 18.4 Å². The summed E-state index contributed by atoms with van der Waals surface area (Å²) >= 11 is 0. The molecule has 0 radical (unpaired) electrons. The minimum atomic E-state index is -3.34. The molecular weight excluding hydrogens is 525 g/mol. The molecule has 3 aromatic carbocycles. The monoisotopic (exact) mass is 557 g/mol. The molecule has 1 heterocycles. The van der Waals surface area contributed by atoms with E-state index in [1.165, 1.54) is 19.3 Å². The van der Waals surface area contributed by atoms with E-state index in [2.05, 4.69) is 16.6 Å².